The maximum Gasteiger partial charge on any atom is 0.321 e. The molecule has 3 N–H and O–H groups in total. The third-order valence-corrected chi connectivity index (χ3v) is 2.87. The van der Waals surface area contributed by atoms with Crippen molar-refractivity contribution in [3.05, 3.63) is 5.01 Å². The Balaban J connectivity index is 2.39. The van der Waals surface area contributed by atoms with Crippen LogP contribution in [-0.2, 0) is 0 Å². The third kappa shape index (κ3) is 4.88. The quantitative estimate of drug-likeness (QED) is 0.741. The molecule has 0 radical (unpaired) electrons. The van der Waals surface area contributed by atoms with Gasteiger partial charge in [0.2, 0.25) is 5.13 Å². The second-order valence-electron chi connectivity index (χ2n) is 3.61. The minimum absolute atomic E-state index is 0.0251. The molecular formula is C9H14F2N4O2S. The van der Waals surface area contributed by atoms with Gasteiger partial charge in [-0.1, -0.05) is 11.3 Å². The van der Waals surface area contributed by atoms with E-state index in [0.717, 1.165) is 0 Å². The van der Waals surface area contributed by atoms with E-state index in [4.69, 9.17) is 5.11 Å². The molecule has 0 spiro atoms. The largest absolute Gasteiger partial charge is 0.396 e. The molecule has 0 aliphatic rings. The fourth-order valence-electron chi connectivity index (χ4n) is 1.20. The van der Waals surface area contributed by atoms with Crippen LogP contribution in [0.1, 0.15) is 31.2 Å². The predicted octanol–water partition coefficient (Wildman–Crippen LogP) is 1.76. The lowest BCUT2D eigenvalue weighted by molar-refractivity contribution is 0.150. The van der Waals surface area contributed by atoms with Gasteiger partial charge in [-0.05, 0) is 19.8 Å². The van der Waals surface area contributed by atoms with E-state index in [9.17, 15) is 13.6 Å². The fraction of sp³-hybridized carbons (Fsp3) is 0.667. The van der Waals surface area contributed by atoms with Gasteiger partial charge < -0.3 is 10.4 Å². The van der Waals surface area contributed by atoms with Crippen molar-refractivity contribution in [2.45, 2.75) is 32.2 Å². The molecule has 0 fully saturated rings. The first-order valence-electron chi connectivity index (χ1n) is 5.33. The van der Waals surface area contributed by atoms with Gasteiger partial charge in [0, 0.05) is 12.6 Å². The molecule has 1 aromatic heterocycles. The molecule has 0 aliphatic carbocycles. The van der Waals surface area contributed by atoms with E-state index in [0.29, 0.717) is 24.2 Å². The predicted molar refractivity (Wildman–Crippen MR) is 62.8 cm³/mol. The number of carbonyl (C=O) groups is 1. The van der Waals surface area contributed by atoms with Crippen LogP contribution in [0.25, 0.3) is 0 Å². The zero-order valence-corrected chi connectivity index (χ0v) is 10.5. The number of alkyl halides is 2. The molecule has 102 valence electrons. The summed E-state index contributed by atoms with van der Waals surface area (Å²) in [4.78, 5) is 11.4. The van der Waals surface area contributed by atoms with E-state index in [2.05, 4.69) is 20.8 Å². The SMILES string of the molecule is CC(CCCO)NC(=O)Nc1nnc(C(F)F)s1. The summed E-state index contributed by atoms with van der Waals surface area (Å²) in [5, 5.41) is 19.8. The highest BCUT2D eigenvalue weighted by atomic mass is 32.1. The normalized spacial score (nSPS) is 12.5. The molecule has 1 aromatic rings. The number of urea groups is 1. The Morgan fingerprint density at radius 3 is 2.78 bits per heavy atom. The van der Waals surface area contributed by atoms with Crippen molar-refractivity contribution < 1.29 is 18.7 Å². The van der Waals surface area contributed by atoms with Gasteiger partial charge in [0.25, 0.3) is 6.43 Å². The Hall–Kier alpha value is -1.35. The fourth-order valence-corrected chi connectivity index (χ4v) is 1.79. The maximum atomic E-state index is 12.2. The van der Waals surface area contributed by atoms with E-state index in [1.165, 1.54) is 0 Å². The lowest BCUT2D eigenvalue weighted by atomic mass is 10.2. The van der Waals surface area contributed by atoms with Crippen LogP contribution < -0.4 is 10.6 Å². The van der Waals surface area contributed by atoms with E-state index >= 15 is 0 Å². The number of hydrogen-bond donors (Lipinski definition) is 3. The highest BCUT2D eigenvalue weighted by Crippen LogP contribution is 2.24. The van der Waals surface area contributed by atoms with E-state index < -0.39 is 17.5 Å². The number of aromatic nitrogens is 2. The number of rotatable bonds is 6. The Morgan fingerprint density at radius 1 is 1.50 bits per heavy atom. The summed E-state index contributed by atoms with van der Waals surface area (Å²) in [6, 6.07) is -0.656. The molecule has 18 heavy (non-hydrogen) atoms. The molecule has 0 bridgehead atoms. The average Bonchev–Trinajstić information content (AvgIpc) is 2.74. The van der Waals surface area contributed by atoms with Crippen LogP contribution in [0.3, 0.4) is 0 Å². The number of aliphatic hydroxyl groups excluding tert-OH is 1. The van der Waals surface area contributed by atoms with Gasteiger partial charge in [0.05, 0.1) is 0 Å². The summed E-state index contributed by atoms with van der Waals surface area (Å²) >= 11 is 0.630. The molecule has 9 heteroatoms. The summed E-state index contributed by atoms with van der Waals surface area (Å²) in [6.07, 6.45) is -1.48. The van der Waals surface area contributed by atoms with Gasteiger partial charge in [0.15, 0.2) is 5.01 Å². The van der Waals surface area contributed by atoms with Gasteiger partial charge in [-0.15, -0.1) is 10.2 Å². The van der Waals surface area contributed by atoms with Crippen molar-refractivity contribution in [2.24, 2.45) is 0 Å². The second kappa shape index (κ2) is 7.17. The lowest BCUT2D eigenvalue weighted by Gasteiger charge is -2.12. The first-order chi connectivity index (χ1) is 8.52. The van der Waals surface area contributed by atoms with Crippen LogP contribution in [0.5, 0.6) is 0 Å². The zero-order valence-electron chi connectivity index (χ0n) is 9.69. The van der Waals surface area contributed by atoms with Crippen molar-refractivity contribution in [3.8, 4) is 0 Å². The number of halogens is 2. The molecule has 1 heterocycles. The lowest BCUT2D eigenvalue weighted by Crippen LogP contribution is -2.36. The summed E-state index contributed by atoms with van der Waals surface area (Å²) in [5.41, 5.74) is 0. The summed E-state index contributed by atoms with van der Waals surface area (Å²) < 4.78 is 24.4. The van der Waals surface area contributed by atoms with E-state index in [1.54, 1.807) is 6.92 Å². The molecule has 0 saturated carbocycles. The van der Waals surface area contributed by atoms with Crippen molar-refractivity contribution in [1.29, 1.82) is 0 Å². The summed E-state index contributed by atoms with van der Waals surface area (Å²) in [7, 11) is 0. The Kier molecular flexibility index (Phi) is 5.86. The molecule has 0 aromatic carbocycles. The molecular weight excluding hydrogens is 266 g/mol. The Labute approximate surface area is 106 Å². The summed E-state index contributed by atoms with van der Waals surface area (Å²) in [5.74, 6) is 0. The van der Waals surface area contributed by atoms with Crippen molar-refractivity contribution >= 4 is 22.5 Å². The number of nitrogens with zero attached hydrogens (tertiary/aromatic N) is 2. The van der Waals surface area contributed by atoms with Gasteiger partial charge in [-0.3, -0.25) is 5.32 Å². The average molecular weight is 280 g/mol. The maximum absolute atomic E-state index is 12.2. The van der Waals surface area contributed by atoms with Crippen molar-refractivity contribution in [2.75, 3.05) is 11.9 Å². The minimum atomic E-state index is -2.69. The number of aliphatic hydroxyl groups is 1. The van der Waals surface area contributed by atoms with Crippen LogP contribution >= 0.6 is 11.3 Å². The van der Waals surface area contributed by atoms with E-state index in [1.807, 2.05) is 0 Å². The van der Waals surface area contributed by atoms with Gasteiger partial charge in [0.1, 0.15) is 0 Å². The van der Waals surface area contributed by atoms with Crippen molar-refractivity contribution in [1.82, 2.24) is 15.5 Å². The molecule has 6 nitrogen and oxygen atoms in total. The second-order valence-corrected chi connectivity index (χ2v) is 4.62. The number of carbonyl (C=O) groups excluding carboxylic acids is 1. The molecule has 0 saturated heterocycles. The third-order valence-electron chi connectivity index (χ3n) is 2.02. The van der Waals surface area contributed by atoms with Gasteiger partial charge >= 0.3 is 6.03 Å². The topological polar surface area (TPSA) is 87.1 Å². The number of nitrogens with one attached hydrogen (secondary N) is 2. The highest BCUT2D eigenvalue weighted by Gasteiger charge is 2.15. The molecule has 1 atom stereocenters. The van der Waals surface area contributed by atoms with Crippen LogP contribution in [-0.4, -0.2) is 34.0 Å². The molecule has 1 rings (SSSR count). The number of hydrogen-bond acceptors (Lipinski definition) is 5. The number of anilines is 1. The van der Waals surface area contributed by atoms with E-state index in [-0.39, 0.29) is 17.8 Å². The monoisotopic (exact) mass is 280 g/mol. The highest BCUT2D eigenvalue weighted by molar-refractivity contribution is 7.15. The Morgan fingerprint density at radius 2 is 2.22 bits per heavy atom. The van der Waals surface area contributed by atoms with Crippen molar-refractivity contribution in [3.63, 3.8) is 0 Å². The molecule has 0 aliphatic heterocycles. The standard InChI is InChI=1S/C9H14F2N4O2S/c1-5(3-2-4-16)12-8(17)13-9-15-14-7(18-9)6(10)11/h5-6,16H,2-4H2,1H3,(H2,12,13,15,17). The molecule has 1 unspecified atom stereocenters. The van der Waals surface area contributed by atoms with Crippen LogP contribution in [0.15, 0.2) is 0 Å². The van der Waals surface area contributed by atoms with Gasteiger partial charge in [-0.25, -0.2) is 13.6 Å². The van der Waals surface area contributed by atoms with Crippen LogP contribution in [0.4, 0.5) is 18.7 Å². The Bertz CT molecular complexity index is 388. The van der Waals surface area contributed by atoms with Crippen LogP contribution in [0.2, 0.25) is 0 Å². The minimum Gasteiger partial charge on any atom is -0.396 e. The number of amides is 2. The zero-order chi connectivity index (χ0) is 13.5. The first-order valence-corrected chi connectivity index (χ1v) is 6.14. The van der Waals surface area contributed by atoms with Gasteiger partial charge in [-0.2, -0.15) is 0 Å². The first kappa shape index (κ1) is 14.7. The summed E-state index contributed by atoms with van der Waals surface area (Å²) in [6.45, 7) is 1.84. The van der Waals surface area contributed by atoms with Crippen LogP contribution in [0, 0.1) is 0 Å². The molecule has 2 amide bonds. The smallest absolute Gasteiger partial charge is 0.321 e.